The first kappa shape index (κ1) is 23.4. The minimum atomic E-state index is -4.53. The molecule has 4 aromatic rings. The third kappa shape index (κ3) is 4.53. The van der Waals surface area contributed by atoms with E-state index in [0.29, 0.717) is 27.3 Å². The maximum atomic E-state index is 14.0. The molecule has 0 aliphatic carbocycles. The Labute approximate surface area is 201 Å². The molecule has 33 heavy (non-hydrogen) atoms. The molecular formula is C28H21Cl2F3. The second kappa shape index (κ2) is 8.89. The van der Waals surface area contributed by atoms with Crippen molar-refractivity contribution in [1.82, 2.24) is 0 Å². The van der Waals surface area contributed by atoms with Gasteiger partial charge in [-0.25, -0.2) is 0 Å². The predicted octanol–water partition coefficient (Wildman–Crippen LogP) is 9.94. The number of alkyl halides is 3. The molecule has 0 aromatic heterocycles. The standard InChI is InChI=1S/C28H21Cl2F3/c1-16-11-12-25(29)22(13-16)21-10-6-8-18(3)26(21)24-15-19(28(31,32)33)14-23(27(24)30)20-9-5-4-7-17(20)2/h4-15H,1-3H3. The summed E-state index contributed by atoms with van der Waals surface area (Å²) in [5.41, 5.74) is 5.37. The van der Waals surface area contributed by atoms with E-state index in [1.165, 1.54) is 0 Å². The average Bonchev–Trinajstić information content (AvgIpc) is 2.75. The van der Waals surface area contributed by atoms with Gasteiger partial charge in [-0.2, -0.15) is 13.2 Å². The molecular weight excluding hydrogens is 464 g/mol. The van der Waals surface area contributed by atoms with Crippen LogP contribution in [0.1, 0.15) is 22.3 Å². The summed E-state index contributed by atoms with van der Waals surface area (Å²) >= 11 is 13.4. The molecule has 4 rings (SSSR count). The summed E-state index contributed by atoms with van der Waals surface area (Å²) in [6.45, 7) is 5.67. The molecule has 0 unspecified atom stereocenters. The highest BCUT2D eigenvalue weighted by Gasteiger charge is 2.33. The van der Waals surface area contributed by atoms with E-state index in [4.69, 9.17) is 23.2 Å². The van der Waals surface area contributed by atoms with E-state index in [0.717, 1.165) is 39.9 Å². The monoisotopic (exact) mass is 484 g/mol. The van der Waals surface area contributed by atoms with E-state index < -0.39 is 11.7 Å². The minimum absolute atomic E-state index is 0.275. The van der Waals surface area contributed by atoms with Crippen molar-refractivity contribution in [3.63, 3.8) is 0 Å². The third-order valence-electron chi connectivity index (χ3n) is 5.79. The van der Waals surface area contributed by atoms with Crippen LogP contribution in [0.5, 0.6) is 0 Å². The number of hydrogen-bond donors (Lipinski definition) is 0. The van der Waals surface area contributed by atoms with Gasteiger partial charge in [0.1, 0.15) is 0 Å². The van der Waals surface area contributed by atoms with Crippen LogP contribution in [0.2, 0.25) is 10.0 Å². The molecule has 168 valence electrons. The maximum Gasteiger partial charge on any atom is 0.416 e. The summed E-state index contributed by atoms with van der Waals surface area (Å²) in [6.07, 6.45) is -4.53. The number of hydrogen-bond acceptors (Lipinski definition) is 0. The molecule has 5 heteroatoms. The second-order valence-electron chi connectivity index (χ2n) is 8.18. The Morgan fingerprint density at radius 3 is 1.94 bits per heavy atom. The summed E-state index contributed by atoms with van der Waals surface area (Å²) < 4.78 is 42.0. The largest absolute Gasteiger partial charge is 0.416 e. The van der Waals surface area contributed by atoms with Gasteiger partial charge in [0, 0.05) is 21.7 Å². The first-order valence-corrected chi connectivity index (χ1v) is 11.2. The van der Waals surface area contributed by atoms with Crippen molar-refractivity contribution >= 4 is 23.2 Å². The Morgan fingerprint density at radius 2 is 1.24 bits per heavy atom. The third-order valence-corrected chi connectivity index (χ3v) is 6.53. The van der Waals surface area contributed by atoms with Crippen LogP contribution in [-0.2, 0) is 6.18 Å². The lowest BCUT2D eigenvalue weighted by molar-refractivity contribution is -0.137. The van der Waals surface area contributed by atoms with Gasteiger partial charge < -0.3 is 0 Å². The van der Waals surface area contributed by atoms with Crippen molar-refractivity contribution in [2.75, 3.05) is 0 Å². The average molecular weight is 485 g/mol. The number of aryl methyl sites for hydroxylation is 3. The molecule has 0 fully saturated rings. The fourth-order valence-corrected chi connectivity index (χ4v) is 4.66. The van der Waals surface area contributed by atoms with Gasteiger partial charge in [0.2, 0.25) is 0 Å². The fourth-order valence-electron chi connectivity index (χ4n) is 4.14. The molecule has 0 nitrogen and oxygen atoms in total. The summed E-state index contributed by atoms with van der Waals surface area (Å²) in [5.74, 6) is 0. The molecule has 0 saturated carbocycles. The quantitative estimate of drug-likeness (QED) is 0.271. The van der Waals surface area contributed by atoms with Crippen LogP contribution in [0.25, 0.3) is 33.4 Å². The summed E-state index contributed by atoms with van der Waals surface area (Å²) in [4.78, 5) is 0. The van der Waals surface area contributed by atoms with Crippen molar-refractivity contribution in [1.29, 1.82) is 0 Å². The first-order chi connectivity index (χ1) is 15.6. The molecule has 0 N–H and O–H groups in total. The molecule has 0 heterocycles. The smallest absolute Gasteiger partial charge is 0.166 e. The Bertz CT molecular complexity index is 1350. The van der Waals surface area contributed by atoms with Crippen molar-refractivity contribution < 1.29 is 13.2 Å². The van der Waals surface area contributed by atoms with Crippen LogP contribution >= 0.6 is 23.2 Å². The fraction of sp³-hybridized carbons (Fsp3) is 0.143. The van der Waals surface area contributed by atoms with Crippen molar-refractivity contribution in [3.8, 4) is 33.4 Å². The molecule has 4 aromatic carbocycles. The molecule has 0 spiro atoms. The van der Waals surface area contributed by atoms with Crippen LogP contribution in [0.15, 0.2) is 72.8 Å². The molecule has 0 aliphatic heterocycles. The van der Waals surface area contributed by atoms with Crippen LogP contribution in [-0.4, -0.2) is 0 Å². The number of rotatable bonds is 3. The SMILES string of the molecule is Cc1ccc(Cl)c(-c2cccc(C)c2-c2cc(C(F)(F)F)cc(-c3ccccc3C)c2Cl)c1. The topological polar surface area (TPSA) is 0 Å². The highest BCUT2D eigenvalue weighted by Crippen LogP contribution is 2.47. The van der Waals surface area contributed by atoms with Gasteiger partial charge >= 0.3 is 6.18 Å². The first-order valence-electron chi connectivity index (χ1n) is 10.4. The van der Waals surface area contributed by atoms with E-state index in [-0.39, 0.29) is 5.02 Å². The van der Waals surface area contributed by atoms with Crippen molar-refractivity contribution in [2.45, 2.75) is 26.9 Å². The zero-order valence-corrected chi connectivity index (χ0v) is 19.8. The molecule has 0 aliphatic rings. The predicted molar refractivity (Wildman–Crippen MR) is 132 cm³/mol. The minimum Gasteiger partial charge on any atom is -0.166 e. The molecule has 0 radical (unpaired) electrons. The van der Waals surface area contributed by atoms with Crippen LogP contribution in [0.3, 0.4) is 0 Å². The van der Waals surface area contributed by atoms with Crippen LogP contribution in [0, 0.1) is 20.8 Å². The van der Waals surface area contributed by atoms with Crippen LogP contribution < -0.4 is 0 Å². The van der Waals surface area contributed by atoms with E-state index in [2.05, 4.69) is 0 Å². The van der Waals surface area contributed by atoms with E-state index >= 15 is 0 Å². The highest BCUT2D eigenvalue weighted by molar-refractivity contribution is 6.37. The van der Waals surface area contributed by atoms with Gasteiger partial charge in [0.25, 0.3) is 0 Å². The maximum absolute atomic E-state index is 14.0. The summed E-state index contributed by atoms with van der Waals surface area (Å²) in [5, 5.41) is 0.798. The zero-order valence-electron chi connectivity index (χ0n) is 18.3. The molecule has 0 atom stereocenters. The summed E-state index contributed by atoms with van der Waals surface area (Å²) in [6, 6.07) is 20.8. The lowest BCUT2D eigenvalue weighted by Gasteiger charge is -2.20. The van der Waals surface area contributed by atoms with Gasteiger partial charge in [-0.3, -0.25) is 0 Å². The van der Waals surface area contributed by atoms with Crippen molar-refractivity contribution in [3.05, 3.63) is 105 Å². The van der Waals surface area contributed by atoms with Gasteiger partial charge in [0.15, 0.2) is 0 Å². The lowest BCUT2D eigenvalue weighted by atomic mass is 9.87. The normalized spacial score (nSPS) is 11.6. The Balaban J connectivity index is 2.10. The van der Waals surface area contributed by atoms with E-state index in [9.17, 15) is 13.2 Å². The number of benzene rings is 4. The summed E-state index contributed by atoms with van der Waals surface area (Å²) in [7, 11) is 0. The molecule has 0 saturated heterocycles. The van der Waals surface area contributed by atoms with Crippen molar-refractivity contribution in [2.24, 2.45) is 0 Å². The van der Waals surface area contributed by atoms with E-state index in [1.807, 2.05) is 63.2 Å². The Morgan fingerprint density at radius 1 is 0.606 bits per heavy atom. The van der Waals surface area contributed by atoms with Gasteiger partial charge in [-0.1, -0.05) is 77.3 Å². The zero-order chi connectivity index (χ0) is 23.9. The van der Waals surface area contributed by atoms with Crippen LogP contribution in [0.4, 0.5) is 13.2 Å². The molecule has 0 bridgehead atoms. The number of halogens is 5. The Kier molecular flexibility index (Phi) is 6.30. The lowest BCUT2D eigenvalue weighted by Crippen LogP contribution is -2.06. The second-order valence-corrected chi connectivity index (χ2v) is 8.96. The Hall–Kier alpha value is -2.75. The van der Waals surface area contributed by atoms with Gasteiger partial charge in [0.05, 0.1) is 10.6 Å². The van der Waals surface area contributed by atoms with Gasteiger partial charge in [-0.05, 0) is 72.9 Å². The van der Waals surface area contributed by atoms with Gasteiger partial charge in [-0.15, -0.1) is 0 Å². The highest BCUT2D eigenvalue weighted by atomic mass is 35.5. The molecule has 0 amide bonds. The van der Waals surface area contributed by atoms with E-state index in [1.54, 1.807) is 18.2 Å².